The van der Waals surface area contributed by atoms with E-state index in [4.69, 9.17) is 22.1 Å². The highest BCUT2D eigenvalue weighted by atomic mass is 35.5. The van der Waals surface area contributed by atoms with Crippen molar-refractivity contribution >= 4 is 11.6 Å². The minimum absolute atomic E-state index is 0.129. The zero-order valence-electron chi connectivity index (χ0n) is 12.0. The Bertz CT molecular complexity index is 438. The summed E-state index contributed by atoms with van der Waals surface area (Å²) in [6, 6.07) is 1.72. The summed E-state index contributed by atoms with van der Waals surface area (Å²) >= 11 is 6.21. The summed E-state index contributed by atoms with van der Waals surface area (Å²) in [5.41, 5.74) is 8.07. The lowest BCUT2D eigenvalue weighted by Gasteiger charge is -2.26. The lowest BCUT2D eigenvalue weighted by Crippen LogP contribution is -2.34. The van der Waals surface area contributed by atoms with Crippen molar-refractivity contribution in [2.24, 2.45) is 5.73 Å². The zero-order valence-corrected chi connectivity index (χ0v) is 12.7. The Morgan fingerprint density at radius 1 is 1.47 bits per heavy atom. The summed E-state index contributed by atoms with van der Waals surface area (Å²) < 4.78 is 5.43. The average Bonchev–Trinajstić information content (AvgIpc) is 2.39. The monoisotopic (exact) mass is 286 g/mol. The summed E-state index contributed by atoms with van der Waals surface area (Å²) in [5.74, 6) is 0.687. The summed E-state index contributed by atoms with van der Waals surface area (Å²) in [6.45, 7) is 4.30. The van der Waals surface area contributed by atoms with E-state index in [1.54, 1.807) is 7.11 Å². The number of ether oxygens (including phenoxy) is 1. The second-order valence-electron chi connectivity index (χ2n) is 4.66. The van der Waals surface area contributed by atoms with Crippen molar-refractivity contribution in [2.45, 2.75) is 32.4 Å². The number of aliphatic hydroxyl groups excluding tert-OH is 1. The predicted octanol–water partition coefficient (Wildman–Crippen LogP) is 1.94. The fraction of sp³-hybridized carbons (Fsp3) is 0.571. The fourth-order valence-corrected chi connectivity index (χ4v) is 2.61. The lowest BCUT2D eigenvalue weighted by atomic mass is 9.93. The molecule has 0 fully saturated rings. The minimum atomic E-state index is -0.708. The number of hydrogen-bond acceptors (Lipinski definition) is 4. The van der Waals surface area contributed by atoms with Gasteiger partial charge in [-0.25, -0.2) is 0 Å². The molecule has 108 valence electrons. The van der Waals surface area contributed by atoms with Gasteiger partial charge in [-0.3, -0.25) is 0 Å². The number of halogens is 1. The molecule has 2 atom stereocenters. The van der Waals surface area contributed by atoms with Crippen LogP contribution < -0.4 is 15.8 Å². The Balaban J connectivity index is 3.30. The molecule has 1 aromatic rings. The molecule has 0 aliphatic heterocycles. The molecule has 0 saturated heterocycles. The maximum Gasteiger partial charge on any atom is 0.127 e. The van der Waals surface area contributed by atoms with Gasteiger partial charge in [0.05, 0.1) is 13.2 Å². The molecule has 4 nitrogen and oxygen atoms in total. The van der Waals surface area contributed by atoms with Crippen LogP contribution >= 0.6 is 11.6 Å². The normalized spacial score (nSPS) is 14.3. The lowest BCUT2D eigenvalue weighted by molar-refractivity contribution is 0.125. The molecule has 4 N–H and O–H groups in total. The number of benzene rings is 1. The largest absolute Gasteiger partial charge is 0.496 e. The van der Waals surface area contributed by atoms with Crippen LogP contribution in [0.25, 0.3) is 0 Å². The first-order chi connectivity index (χ1) is 8.97. The van der Waals surface area contributed by atoms with Crippen molar-refractivity contribution in [1.82, 2.24) is 5.32 Å². The minimum Gasteiger partial charge on any atom is -0.496 e. The van der Waals surface area contributed by atoms with Crippen molar-refractivity contribution in [1.29, 1.82) is 0 Å². The van der Waals surface area contributed by atoms with E-state index < -0.39 is 6.10 Å². The van der Waals surface area contributed by atoms with E-state index in [1.165, 1.54) is 0 Å². The van der Waals surface area contributed by atoms with Crippen molar-refractivity contribution in [3.63, 3.8) is 0 Å². The van der Waals surface area contributed by atoms with Crippen molar-refractivity contribution in [3.8, 4) is 5.75 Å². The first-order valence-corrected chi connectivity index (χ1v) is 6.74. The number of aryl methyl sites for hydroxylation is 1. The van der Waals surface area contributed by atoms with Gasteiger partial charge in [0, 0.05) is 16.6 Å². The highest BCUT2D eigenvalue weighted by Gasteiger charge is 2.26. The number of rotatable bonds is 6. The maximum absolute atomic E-state index is 10.6. The van der Waals surface area contributed by atoms with Crippen molar-refractivity contribution in [2.75, 3.05) is 20.7 Å². The smallest absolute Gasteiger partial charge is 0.127 e. The van der Waals surface area contributed by atoms with Crippen LogP contribution in [0.15, 0.2) is 6.07 Å². The summed E-state index contributed by atoms with van der Waals surface area (Å²) in [4.78, 5) is 0. The number of hydrogen-bond donors (Lipinski definition) is 3. The van der Waals surface area contributed by atoms with E-state index in [2.05, 4.69) is 5.32 Å². The van der Waals surface area contributed by atoms with Gasteiger partial charge in [-0.15, -0.1) is 0 Å². The quantitative estimate of drug-likeness (QED) is 0.748. The Hall–Kier alpha value is -0.810. The van der Waals surface area contributed by atoms with Gasteiger partial charge in [-0.1, -0.05) is 11.6 Å². The Morgan fingerprint density at radius 3 is 2.58 bits per heavy atom. The predicted molar refractivity (Wildman–Crippen MR) is 79.0 cm³/mol. The first kappa shape index (κ1) is 16.2. The molecule has 0 aliphatic rings. The van der Waals surface area contributed by atoms with E-state index in [0.717, 1.165) is 16.7 Å². The van der Waals surface area contributed by atoms with Crippen LogP contribution in [0.3, 0.4) is 0 Å². The molecule has 0 spiro atoms. The standard InChI is InChI=1S/C14H23ClN2O2/c1-8-7-10(15)9(2)12(14(8)19-4)13(18)11(17-3)5-6-16/h7,11,13,17-18H,5-6,16H2,1-4H3. The van der Waals surface area contributed by atoms with Crippen molar-refractivity contribution in [3.05, 3.63) is 27.8 Å². The van der Waals surface area contributed by atoms with E-state index in [-0.39, 0.29) is 6.04 Å². The highest BCUT2D eigenvalue weighted by molar-refractivity contribution is 6.31. The van der Waals surface area contributed by atoms with Crippen LogP contribution in [-0.4, -0.2) is 31.9 Å². The van der Waals surface area contributed by atoms with Gasteiger partial charge in [-0.05, 0) is 51.1 Å². The van der Waals surface area contributed by atoms with Crippen molar-refractivity contribution < 1.29 is 9.84 Å². The molecule has 1 aromatic carbocycles. The van der Waals surface area contributed by atoms with Crippen LogP contribution in [0.5, 0.6) is 5.75 Å². The Morgan fingerprint density at radius 2 is 2.11 bits per heavy atom. The molecule has 0 aliphatic carbocycles. The molecule has 0 radical (unpaired) electrons. The molecule has 1 rings (SSSR count). The summed E-state index contributed by atoms with van der Waals surface area (Å²) in [6.07, 6.45) is -0.0351. The summed E-state index contributed by atoms with van der Waals surface area (Å²) in [7, 11) is 3.41. The number of nitrogens with two attached hydrogens (primary N) is 1. The van der Waals surface area contributed by atoms with Gasteiger partial charge >= 0.3 is 0 Å². The van der Waals surface area contributed by atoms with Crippen LogP contribution in [0.2, 0.25) is 5.02 Å². The van der Waals surface area contributed by atoms with Crippen LogP contribution in [0.4, 0.5) is 0 Å². The van der Waals surface area contributed by atoms with Gasteiger partial charge in [0.15, 0.2) is 0 Å². The SMILES string of the molecule is CNC(CCN)C(O)c1c(C)c(Cl)cc(C)c1OC. The zero-order chi connectivity index (χ0) is 14.6. The highest BCUT2D eigenvalue weighted by Crippen LogP contribution is 2.37. The van der Waals surface area contributed by atoms with E-state index in [1.807, 2.05) is 27.0 Å². The van der Waals surface area contributed by atoms with Gasteiger partial charge < -0.3 is 20.9 Å². The van der Waals surface area contributed by atoms with E-state index in [0.29, 0.717) is 23.7 Å². The fourth-order valence-electron chi connectivity index (χ4n) is 2.34. The third-order valence-corrected chi connectivity index (χ3v) is 3.83. The third-order valence-electron chi connectivity index (χ3n) is 3.44. The first-order valence-electron chi connectivity index (χ1n) is 6.36. The van der Waals surface area contributed by atoms with Crippen LogP contribution in [0, 0.1) is 13.8 Å². The molecule has 19 heavy (non-hydrogen) atoms. The molecule has 5 heteroatoms. The molecular weight excluding hydrogens is 264 g/mol. The molecular formula is C14H23ClN2O2. The molecule has 0 aromatic heterocycles. The Labute approximate surface area is 119 Å². The molecule has 2 unspecified atom stereocenters. The molecule has 0 heterocycles. The molecule has 0 saturated carbocycles. The second kappa shape index (κ2) is 7.10. The van der Waals surface area contributed by atoms with E-state index in [9.17, 15) is 5.11 Å². The van der Waals surface area contributed by atoms with Gasteiger partial charge in [0.25, 0.3) is 0 Å². The third kappa shape index (κ3) is 3.39. The molecule has 0 amide bonds. The Kier molecular flexibility index (Phi) is 6.07. The second-order valence-corrected chi connectivity index (χ2v) is 5.07. The molecule has 0 bridgehead atoms. The van der Waals surface area contributed by atoms with Gasteiger partial charge in [0.2, 0.25) is 0 Å². The number of aliphatic hydroxyl groups is 1. The van der Waals surface area contributed by atoms with Crippen LogP contribution in [0.1, 0.15) is 29.2 Å². The summed E-state index contributed by atoms with van der Waals surface area (Å²) in [5, 5.41) is 14.3. The number of nitrogens with one attached hydrogen (secondary N) is 1. The number of methoxy groups -OCH3 is 1. The van der Waals surface area contributed by atoms with Crippen LogP contribution in [-0.2, 0) is 0 Å². The van der Waals surface area contributed by atoms with E-state index >= 15 is 0 Å². The average molecular weight is 287 g/mol. The number of likely N-dealkylation sites (N-methyl/N-ethyl adjacent to an activating group) is 1. The topological polar surface area (TPSA) is 67.5 Å². The van der Waals surface area contributed by atoms with Gasteiger partial charge in [0.1, 0.15) is 5.75 Å². The van der Waals surface area contributed by atoms with Gasteiger partial charge in [-0.2, -0.15) is 0 Å². The maximum atomic E-state index is 10.6.